The molecular weight excluding hydrogens is 360 g/mol. The van der Waals surface area contributed by atoms with Crippen LogP contribution in [0.3, 0.4) is 0 Å². The van der Waals surface area contributed by atoms with Gasteiger partial charge in [-0.05, 0) is 50.1 Å². The van der Waals surface area contributed by atoms with E-state index in [1.54, 1.807) is 18.0 Å². The molecule has 0 aliphatic carbocycles. The van der Waals surface area contributed by atoms with Crippen molar-refractivity contribution in [3.63, 3.8) is 0 Å². The summed E-state index contributed by atoms with van der Waals surface area (Å²) in [6, 6.07) is 5.84. The van der Waals surface area contributed by atoms with Gasteiger partial charge in [-0.1, -0.05) is 11.8 Å². The van der Waals surface area contributed by atoms with Gasteiger partial charge in [-0.2, -0.15) is 0 Å². The monoisotopic (exact) mass is 384 g/mol. The Balaban J connectivity index is 1.49. The normalized spacial score (nSPS) is 15.6. The lowest BCUT2D eigenvalue weighted by molar-refractivity contribution is 0.353. The second-order valence-corrected chi connectivity index (χ2v) is 7.59. The highest BCUT2D eigenvalue weighted by Crippen LogP contribution is 2.24. The van der Waals surface area contributed by atoms with Crippen LogP contribution < -0.4 is 10.6 Å². The molecule has 4 heterocycles. The summed E-state index contributed by atoms with van der Waals surface area (Å²) in [5, 5.41) is 0.805. The third kappa shape index (κ3) is 3.45. The zero-order chi connectivity index (χ0) is 18.8. The van der Waals surface area contributed by atoms with Crippen LogP contribution in [-0.2, 0) is 13.1 Å². The summed E-state index contributed by atoms with van der Waals surface area (Å²) in [5.74, 6) is 1.47. The van der Waals surface area contributed by atoms with Crippen LogP contribution in [0, 0.1) is 5.92 Å². The van der Waals surface area contributed by atoms with Crippen molar-refractivity contribution in [3.05, 3.63) is 41.1 Å². The number of hydrogen-bond donors (Lipinski definition) is 0. The highest BCUT2D eigenvalue weighted by Gasteiger charge is 2.23. The smallest absolute Gasteiger partial charge is 0.330 e. The Bertz CT molecular complexity index is 989. The minimum Gasteiger partial charge on any atom is -0.356 e. The van der Waals surface area contributed by atoms with E-state index in [-0.39, 0.29) is 5.69 Å². The number of piperidine rings is 1. The molecule has 8 heteroatoms. The van der Waals surface area contributed by atoms with Crippen LogP contribution in [-0.4, -0.2) is 43.4 Å². The van der Waals surface area contributed by atoms with Crippen molar-refractivity contribution in [2.45, 2.75) is 38.0 Å². The zero-order valence-corrected chi connectivity index (χ0v) is 16.5. The maximum Gasteiger partial charge on any atom is 0.330 e. The van der Waals surface area contributed by atoms with Gasteiger partial charge in [0.1, 0.15) is 5.82 Å². The van der Waals surface area contributed by atoms with Crippen LogP contribution in [0.1, 0.15) is 19.8 Å². The Kier molecular flexibility index (Phi) is 5.15. The van der Waals surface area contributed by atoms with Crippen molar-refractivity contribution < 1.29 is 0 Å². The number of imidazole rings is 1. The van der Waals surface area contributed by atoms with Gasteiger partial charge in [-0.3, -0.25) is 9.13 Å². The molecule has 0 atom stereocenters. The quantitative estimate of drug-likeness (QED) is 0.498. The highest BCUT2D eigenvalue weighted by molar-refractivity contribution is 7.98. The molecule has 1 aliphatic heterocycles. The number of thioether (sulfide) groups is 1. The molecule has 3 aromatic heterocycles. The van der Waals surface area contributed by atoms with E-state index in [1.165, 1.54) is 0 Å². The third-order valence-corrected chi connectivity index (χ3v) is 5.83. The summed E-state index contributed by atoms with van der Waals surface area (Å²) < 4.78 is 3.66. The van der Waals surface area contributed by atoms with Crippen LogP contribution in [0.5, 0.6) is 0 Å². The second kappa shape index (κ2) is 7.72. The fraction of sp³-hybridized carbons (Fsp3) is 0.474. The molecule has 0 amide bonds. The first kappa shape index (κ1) is 18.0. The highest BCUT2D eigenvalue weighted by atomic mass is 32.2. The van der Waals surface area contributed by atoms with E-state index >= 15 is 0 Å². The molecule has 0 aromatic carbocycles. The first-order valence-corrected chi connectivity index (χ1v) is 10.6. The molecule has 1 aliphatic rings. The Morgan fingerprint density at radius 2 is 1.96 bits per heavy atom. The minimum atomic E-state index is 0.0500. The lowest BCUT2D eigenvalue weighted by atomic mass is 9.96. The fourth-order valence-electron chi connectivity index (χ4n) is 3.83. The third-order valence-electron chi connectivity index (χ3n) is 5.27. The molecule has 27 heavy (non-hydrogen) atoms. The van der Waals surface area contributed by atoms with Gasteiger partial charge in [-0.25, -0.2) is 19.7 Å². The van der Waals surface area contributed by atoms with Gasteiger partial charge in [0, 0.05) is 38.6 Å². The molecule has 4 rings (SSSR count). The summed E-state index contributed by atoms with van der Waals surface area (Å²) in [4.78, 5) is 28.4. The molecule has 0 saturated carbocycles. The molecule has 0 bridgehead atoms. The van der Waals surface area contributed by atoms with E-state index < -0.39 is 0 Å². The number of nitrogens with zero attached hydrogens (tertiary/aromatic N) is 6. The predicted molar refractivity (Wildman–Crippen MR) is 108 cm³/mol. The van der Waals surface area contributed by atoms with Crippen LogP contribution >= 0.6 is 11.8 Å². The molecule has 0 unspecified atom stereocenters. The van der Waals surface area contributed by atoms with Crippen molar-refractivity contribution in [2.75, 3.05) is 24.2 Å². The molecule has 7 nitrogen and oxygen atoms in total. The van der Waals surface area contributed by atoms with Crippen molar-refractivity contribution in [1.29, 1.82) is 0 Å². The summed E-state index contributed by atoms with van der Waals surface area (Å²) in [5.41, 5.74) is 1.77. The van der Waals surface area contributed by atoms with Gasteiger partial charge in [0.25, 0.3) is 0 Å². The number of pyridine rings is 1. The van der Waals surface area contributed by atoms with E-state index in [0.717, 1.165) is 54.6 Å². The fourth-order valence-corrected chi connectivity index (χ4v) is 4.18. The number of fused-ring (bicyclic) bond motifs is 1. The summed E-state index contributed by atoms with van der Waals surface area (Å²) >= 11 is 1.56. The average molecular weight is 385 g/mol. The van der Waals surface area contributed by atoms with Crippen molar-refractivity contribution in [3.8, 4) is 0 Å². The SMILES string of the molecule is CCn1c(=O)n(CC2CCN(c3ccnc(SC)n3)CC2)c2ncccc21. The summed E-state index contributed by atoms with van der Waals surface area (Å²) in [7, 11) is 0. The molecule has 1 saturated heterocycles. The standard InChI is InChI=1S/C19H24N6OS/c1-3-24-15-5-4-9-20-17(15)25(19(24)26)13-14-7-11-23(12-8-14)16-6-10-21-18(22-16)27-2/h4-6,9-10,14H,3,7-8,11-13H2,1-2H3. The molecule has 3 aromatic rings. The lowest BCUT2D eigenvalue weighted by Gasteiger charge is -2.32. The zero-order valence-electron chi connectivity index (χ0n) is 15.7. The van der Waals surface area contributed by atoms with Gasteiger partial charge in [0.15, 0.2) is 10.8 Å². The largest absolute Gasteiger partial charge is 0.356 e. The Hall–Kier alpha value is -2.35. The first-order chi connectivity index (χ1) is 13.2. The topological polar surface area (TPSA) is 68.8 Å². The van der Waals surface area contributed by atoms with E-state index in [9.17, 15) is 4.79 Å². The molecule has 0 N–H and O–H groups in total. The van der Waals surface area contributed by atoms with Crippen LogP contribution in [0.2, 0.25) is 0 Å². The van der Waals surface area contributed by atoms with Gasteiger partial charge < -0.3 is 4.90 Å². The maximum absolute atomic E-state index is 12.8. The van der Waals surface area contributed by atoms with Crippen molar-refractivity contribution in [1.82, 2.24) is 24.1 Å². The number of aryl methyl sites for hydroxylation is 1. The van der Waals surface area contributed by atoms with Crippen LogP contribution in [0.15, 0.2) is 40.5 Å². The van der Waals surface area contributed by atoms with E-state index in [0.29, 0.717) is 12.5 Å². The second-order valence-electron chi connectivity index (χ2n) is 6.82. The Morgan fingerprint density at radius 1 is 1.15 bits per heavy atom. The lowest BCUT2D eigenvalue weighted by Crippen LogP contribution is -2.37. The molecule has 0 spiro atoms. The van der Waals surface area contributed by atoms with E-state index in [4.69, 9.17) is 0 Å². The van der Waals surface area contributed by atoms with Crippen molar-refractivity contribution in [2.24, 2.45) is 5.92 Å². The Morgan fingerprint density at radius 3 is 2.70 bits per heavy atom. The van der Waals surface area contributed by atoms with Crippen LogP contribution in [0.25, 0.3) is 11.2 Å². The summed E-state index contributed by atoms with van der Waals surface area (Å²) in [6.45, 7) is 5.29. The molecule has 0 radical (unpaired) electrons. The molecular formula is C19H24N6OS. The van der Waals surface area contributed by atoms with E-state index in [1.807, 2.05) is 46.7 Å². The average Bonchev–Trinajstić information content (AvgIpc) is 2.99. The predicted octanol–water partition coefficient (Wildman–Crippen LogP) is 2.65. The van der Waals surface area contributed by atoms with Crippen LogP contribution in [0.4, 0.5) is 5.82 Å². The van der Waals surface area contributed by atoms with Crippen molar-refractivity contribution >= 4 is 28.7 Å². The van der Waals surface area contributed by atoms with Gasteiger partial charge in [0.2, 0.25) is 0 Å². The first-order valence-electron chi connectivity index (χ1n) is 9.37. The number of anilines is 1. The number of rotatable bonds is 5. The minimum absolute atomic E-state index is 0.0500. The molecule has 1 fully saturated rings. The van der Waals surface area contributed by atoms with Gasteiger partial charge in [-0.15, -0.1) is 0 Å². The maximum atomic E-state index is 12.8. The number of hydrogen-bond acceptors (Lipinski definition) is 6. The number of aromatic nitrogens is 5. The Labute approximate surface area is 162 Å². The van der Waals surface area contributed by atoms with E-state index in [2.05, 4.69) is 19.9 Å². The summed E-state index contributed by atoms with van der Waals surface area (Å²) in [6.07, 6.45) is 7.65. The van der Waals surface area contributed by atoms with Gasteiger partial charge >= 0.3 is 5.69 Å². The van der Waals surface area contributed by atoms with Gasteiger partial charge in [0.05, 0.1) is 5.52 Å². The molecule has 142 valence electrons.